The van der Waals surface area contributed by atoms with Crippen molar-refractivity contribution in [2.45, 2.75) is 0 Å². The number of phenols is 1. The lowest BCUT2D eigenvalue weighted by Crippen LogP contribution is -1.76. The van der Waals surface area contributed by atoms with Crippen LogP contribution in [0.4, 0.5) is 0 Å². The number of pyridine rings is 2. The second-order valence-corrected chi connectivity index (χ2v) is 4.55. The van der Waals surface area contributed by atoms with Gasteiger partial charge in [0.1, 0.15) is 11.3 Å². The third kappa shape index (κ3) is 2.98. The van der Waals surface area contributed by atoms with Crippen LogP contribution in [0.25, 0.3) is 21.8 Å². The Balaban J connectivity index is 0.000000126. The number of fused-ring (bicyclic) bond motifs is 2. The van der Waals surface area contributed by atoms with E-state index in [4.69, 9.17) is 0 Å². The van der Waals surface area contributed by atoms with E-state index in [1.165, 1.54) is 5.39 Å². The molecule has 4 aromatic rings. The predicted molar refractivity (Wildman–Crippen MR) is 85.2 cm³/mol. The summed E-state index contributed by atoms with van der Waals surface area (Å²) in [7, 11) is 0. The first-order valence-electron chi connectivity index (χ1n) is 6.67. The Labute approximate surface area is 122 Å². The molecule has 2 heterocycles. The molecule has 0 unspecified atom stereocenters. The van der Waals surface area contributed by atoms with Gasteiger partial charge in [-0.05, 0) is 24.3 Å². The highest BCUT2D eigenvalue weighted by molar-refractivity contribution is 5.83. The maximum absolute atomic E-state index is 9.31. The van der Waals surface area contributed by atoms with Crippen molar-refractivity contribution in [2.24, 2.45) is 0 Å². The predicted octanol–water partition coefficient (Wildman–Crippen LogP) is 4.18. The highest BCUT2D eigenvalue weighted by atomic mass is 16.3. The fraction of sp³-hybridized carbons (Fsp3) is 0. The summed E-state index contributed by atoms with van der Waals surface area (Å²) in [4.78, 5) is 8.21. The van der Waals surface area contributed by atoms with Gasteiger partial charge in [0, 0.05) is 23.2 Å². The lowest BCUT2D eigenvalue weighted by Gasteiger charge is -1.96. The van der Waals surface area contributed by atoms with Gasteiger partial charge in [-0.25, -0.2) is 0 Å². The van der Waals surface area contributed by atoms with Crippen molar-refractivity contribution in [1.82, 2.24) is 9.97 Å². The monoisotopic (exact) mass is 274 g/mol. The quantitative estimate of drug-likeness (QED) is 0.523. The maximum atomic E-state index is 9.31. The molecule has 0 spiro atoms. The molecule has 0 aliphatic heterocycles. The van der Waals surface area contributed by atoms with E-state index >= 15 is 0 Å². The number of para-hydroxylation sites is 2. The molecule has 0 amide bonds. The van der Waals surface area contributed by atoms with Crippen LogP contribution in [0.1, 0.15) is 0 Å². The van der Waals surface area contributed by atoms with Crippen molar-refractivity contribution in [1.29, 1.82) is 0 Å². The summed E-state index contributed by atoms with van der Waals surface area (Å²) in [6.07, 6.45) is 3.48. The van der Waals surface area contributed by atoms with E-state index < -0.39 is 0 Å². The summed E-state index contributed by atoms with van der Waals surface area (Å²) in [6.45, 7) is 0. The third-order valence-corrected chi connectivity index (χ3v) is 3.12. The molecule has 0 atom stereocenters. The SMILES string of the molecule is Oc1cccc2cccnc12.c1ccc2ncccc2c1. The molecule has 0 aliphatic rings. The largest absolute Gasteiger partial charge is 0.506 e. The van der Waals surface area contributed by atoms with Gasteiger partial charge in [0.25, 0.3) is 0 Å². The number of hydrogen-bond acceptors (Lipinski definition) is 3. The van der Waals surface area contributed by atoms with Crippen LogP contribution in [0.3, 0.4) is 0 Å². The Morgan fingerprint density at radius 3 is 2.10 bits per heavy atom. The van der Waals surface area contributed by atoms with Gasteiger partial charge < -0.3 is 5.11 Å². The van der Waals surface area contributed by atoms with Crippen molar-refractivity contribution in [2.75, 3.05) is 0 Å². The van der Waals surface area contributed by atoms with Gasteiger partial charge in [-0.2, -0.15) is 0 Å². The molecule has 0 aliphatic carbocycles. The van der Waals surface area contributed by atoms with Gasteiger partial charge in [-0.15, -0.1) is 0 Å². The van der Waals surface area contributed by atoms with Gasteiger partial charge in [0.15, 0.2) is 0 Å². The Kier molecular flexibility index (Phi) is 3.74. The summed E-state index contributed by atoms with van der Waals surface area (Å²) in [5.41, 5.74) is 1.72. The first kappa shape index (κ1) is 13.1. The molecule has 3 nitrogen and oxygen atoms in total. The number of aromatic hydroxyl groups is 1. The number of phenolic OH excluding ortho intramolecular Hbond substituents is 1. The van der Waals surface area contributed by atoms with Crippen molar-refractivity contribution >= 4 is 21.8 Å². The molecule has 0 fully saturated rings. The highest BCUT2D eigenvalue weighted by Crippen LogP contribution is 2.20. The van der Waals surface area contributed by atoms with Gasteiger partial charge in [-0.3, -0.25) is 9.97 Å². The lowest BCUT2D eigenvalue weighted by atomic mass is 10.2. The molecular weight excluding hydrogens is 260 g/mol. The van der Waals surface area contributed by atoms with E-state index in [0.29, 0.717) is 5.52 Å². The third-order valence-electron chi connectivity index (χ3n) is 3.12. The molecule has 2 aromatic carbocycles. The van der Waals surface area contributed by atoms with E-state index in [1.54, 1.807) is 18.3 Å². The Morgan fingerprint density at radius 2 is 1.29 bits per heavy atom. The summed E-state index contributed by atoms with van der Waals surface area (Å²) < 4.78 is 0. The van der Waals surface area contributed by atoms with Crippen LogP contribution in [0.15, 0.2) is 79.1 Å². The summed E-state index contributed by atoms with van der Waals surface area (Å²) >= 11 is 0. The zero-order chi connectivity index (χ0) is 14.5. The molecule has 2 aromatic heterocycles. The first-order chi connectivity index (χ1) is 10.3. The van der Waals surface area contributed by atoms with E-state index in [1.807, 2.05) is 48.7 Å². The normalized spacial score (nSPS) is 10.1. The average molecular weight is 274 g/mol. The molecule has 0 saturated carbocycles. The van der Waals surface area contributed by atoms with Crippen LogP contribution in [0.2, 0.25) is 0 Å². The van der Waals surface area contributed by atoms with E-state index in [-0.39, 0.29) is 5.75 Å². The molecule has 3 heteroatoms. The van der Waals surface area contributed by atoms with Crippen LogP contribution in [0.5, 0.6) is 5.75 Å². The minimum absolute atomic E-state index is 0.239. The maximum Gasteiger partial charge on any atom is 0.141 e. The number of benzene rings is 2. The van der Waals surface area contributed by atoms with Crippen molar-refractivity contribution in [3.05, 3.63) is 79.1 Å². The van der Waals surface area contributed by atoms with Crippen LogP contribution >= 0.6 is 0 Å². The summed E-state index contributed by atoms with van der Waals surface area (Å²) in [6, 6.07) is 21.2. The molecule has 102 valence electrons. The fourth-order valence-corrected chi connectivity index (χ4v) is 2.10. The van der Waals surface area contributed by atoms with E-state index in [2.05, 4.69) is 22.1 Å². The minimum Gasteiger partial charge on any atom is -0.506 e. The van der Waals surface area contributed by atoms with Gasteiger partial charge in [0.05, 0.1) is 5.52 Å². The Morgan fingerprint density at radius 1 is 0.619 bits per heavy atom. The lowest BCUT2D eigenvalue weighted by molar-refractivity contribution is 0.480. The number of aromatic nitrogens is 2. The fourth-order valence-electron chi connectivity index (χ4n) is 2.10. The van der Waals surface area contributed by atoms with Crippen molar-refractivity contribution in [3.8, 4) is 5.75 Å². The number of nitrogens with zero attached hydrogens (tertiary/aromatic N) is 2. The van der Waals surface area contributed by atoms with Crippen molar-refractivity contribution in [3.63, 3.8) is 0 Å². The second kappa shape index (κ2) is 6.01. The van der Waals surface area contributed by atoms with Gasteiger partial charge in [-0.1, -0.05) is 42.5 Å². The molecule has 0 saturated heterocycles. The number of hydrogen-bond donors (Lipinski definition) is 1. The standard InChI is InChI=1S/C9H7NO.C9H7N/c11-8-5-1-3-7-4-2-6-10-9(7)8;1-2-6-9-8(4-1)5-3-7-10-9/h1-6,11H;1-7H. The first-order valence-corrected chi connectivity index (χ1v) is 6.67. The van der Waals surface area contributed by atoms with Crippen LogP contribution in [0, 0.1) is 0 Å². The Bertz CT molecular complexity index is 804. The van der Waals surface area contributed by atoms with Gasteiger partial charge >= 0.3 is 0 Å². The highest BCUT2D eigenvalue weighted by Gasteiger charge is 1.96. The van der Waals surface area contributed by atoms with Crippen LogP contribution in [-0.4, -0.2) is 15.1 Å². The summed E-state index contributed by atoms with van der Waals surface area (Å²) in [5, 5.41) is 11.5. The minimum atomic E-state index is 0.239. The van der Waals surface area contributed by atoms with E-state index in [0.717, 1.165) is 10.9 Å². The van der Waals surface area contributed by atoms with E-state index in [9.17, 15) is 5.11 Å². The van der Waals surface area contributed by atoms with Crippen LogP contribution < -0.4 is 0 Å². The molecular formula is C18H14N2O. The summed E-state index contributed by atoms with van der Waals surface area (Å²) in [5.74, 6) is 0.239. The molecule has 0 bridgehead atoms. The van der Waals surface area contributed by atoms with Gasteiger partial charge in [0.2, 0.25) is 0 Å². The smallest absolute Gasteiger partial charge is 0.141 e. The second-order valence-electron chi connectivity index (χ2n) is 4.55. The average Bonchev–Trinajstić information content (AvgIpc) is 2.56. The molecule has 0 radical (unpaired) electrons. The zero-order valence-electron chi connectivity index (χ0n) is 11.3. The molecule has 4 rings (SSSR count). The molecule has 1 N–H and O–H groups in total. The number of rotatable bonds is 0. The molecule has 21 heavy (non-hydrogen) atoms. The topological polar surface area (TPSA) is 46.0 Å². The van der Waals surface area contributed by atoms with Crippen LogP contribution in [-0.2, 0) is 0 Å². The zero-order valence-corrected chi connectivity index (χ0v) is 11.3. The Hall–Kier alpha value is -2.94. The van der Waals surface area contributed by atoms with Crippen molar-refractivity contribution < 1.29 is 5.11 Å².